The Balaban J connectivity index is 1.79. The zero-order valence-electron chi connectivity index (χ0n) is 11.0. The first-order valence-electron chi connectivity index (χ1n) is 6.68. The second kappa shape index (κ2) is 5.17. The van der Waals surface area contributed by atoms with E-state index in [0.29, 0.717) is 0 Å². The van der Waals surface area contributed by atoms with Crippen molar-refractivity contribution in [1.82, 2.24) is 5.32 Å². The van der Waals surface area contributed by atoms with Gasteiger partial charge in [0.2, 0.25) is 0 Å². The normalized spacial score (nSPS) is 17.8. The second-order valence-corrected chi connectivity index (χ2v) is 6.18. The largest absolute Gasteiger partial charge is 0.345 e. The lowest BCUT2D eigenvalue weighted by Crippen LogP contribution is -2.30. The monoisotopic (exact) mass is 271 g/mol. The van der Waals surface area contributed by atoms with Crippen LogP contribution < -0.4 is 5.32 Å². The van der Waals surface area contributed by atoms with Crippen LogP contribution in [0.5, 0.6) is 0 Å². The third-order valence-electron chi connectivity index (χ3n) is 3.67. The Bertz CT molecular complexity index is 602. The highest BCUT2D eigenvalue weighted by Crippen LogP contribution is 2.29. The Labute approximate surface area is 117 Å². The number of fused-ring (bicyclic) bond motifs is 1. The number of hydrogen-bond acceptors (Lipinski definition) is 2. The van der Waals surface area contributed by atoms with Crippen molar-refractivity contribution in [3.05, 3.63) is 57.3 Å². The Morgan fingerprint density at radius 2 is 2.21 bits per heavy atom. The topological polar surface area (TPSA) is 29.1 Å². The summed E-state index contributed by atoms with van der Waals surface area (Å²) in [5.74, 6) is 0.0473. The van der Waals surface area contributed by atoms with Crippen molar-refractivity contribution < 1.29 is 4.79 Å². The molecule has 1 aliphatic rings. The Hall–Kier alpha value is -1.61. The average molecular weight is 271 g/mol. The molecule has 1 heterocycles. The molecule has 1 aromatic heterocycles. The molecule has 1 aromatic carbocycles. The van der Waals surface area contributed by atoms with Crippen LogP contribution in [-0.4, -0.2) is 5.91 Å². The number of carbonyl (C=O) groups excluding carboxylic acids is 1. The summed E-state index contributed by atoms with van der Waals surface area (Å²) in [5.41, 5.74) is 3.44. The van der Waals surface area contributed by atoms with Gasteiger partial charge in [-0.1, -0.05) is 24.3 Å². The van der Waals surface area contributed by atoms with Crippen LogP contribution >= 0.6 is 11.3 Å². The summed E-state index contributed by atoms with van der Waals surface area (Å²) >= 11 is 1.62. The predicted octanol–water partition coefficient (Wildman–Crippen LogP) is 3.86. The first-order chi connectivity index (χ1) is 9.24. The van der Waals surface area contributed by atoms with E-state index >= 15 is 0 Å². The lowest BCUT2D eigenvalue weighted by molar-refractivity contribution is 0.0933. The standard InChI is InChI=1S/C16H17NOS/c1-11-9-13(10-19-11)16(18)17-15-8-4-6-12-5-2-3-7-14(12)15/h2-3,5,7,9-10,15H,4,6,8H2,1H3,(H,17,18)/t15-/m1/s1. The highest BCUT2D eigenvalue weighted by atomic mass is 32.1. The maximum absolute atomic E-state index is 12.2. The van der Waals surface area contributed by atoms with Gasteiger partial charge in [-0.2, -0.15) is 0 Å². The number of benzene rings is 1. The third kappa shape index (κ3) is 2.56. The van der Waals surface area contributed by atoms with Gasteiger partial charge >= 0.3 is 0 Å². The van der Waals surface area contributed by atoms with Gasteiger partial charge in [0.15, 0.2) is 0 Å². The van der Waals surface area contributed by atoms with Crippen LogP contribution in [0.15, 0.2) is 35.7 Å². The van der Waals surface area contributed by atoms with E-state index in [1.807, 2.05) is 18.4 Å². The van der Waals surface area contributed by atoms with E-state index in [1.54, 1.807) is 11.3 Å². The van der Waals surface area contributed by atoms with Gasteiger partial charge in [0.25, 0.3) is 5.91 Å². The van der Waals surface area contributed by atoms with Gasteiger partial charge < -0.3 is 5.32 Å². The molecule has 0 aliphatic heterocycles. The van der Waals surface area contributed by atoms with E-state index in [9.17, 15) is 4.79 Å². The highest BCUT2D eigenvalue weighted by Gasteiger charge is 2.21. The van der Waals surface area contributed by atoms with Crippen LogP contribution in [0.1, 0.15) is 45.2 Å². The van der Waals surface area contributed by atoms with Crippen molar-refractivity contribution in [1.29, 1.82) is 0 Å². The van der Waals surface area contributed by atoms with Gasteiger partial charge in [-0.05, 0) is 43.4 Å². The molecule has 0 saturated heterocycles. The van der Waals surface area contributed by atoms with Crippen LogP contribution in [-0.2, 0) is 6.42 Å². The van der Waals surface area contributed by atoms with Gasteiger partial charge in [-0.3, -0.25) is 4.79 Å². The molecule has 1 N–H and O–H groups in total. The summed E-state index contributed by atoms with van der Waals surface area (Å²) in [6, 6.07) is 10.6. The van der Waals surface area contributed by atoms with Gasteiger partial charge in [0.1, 0.15) is 0 Å². The first kappa shape index (κ1) is 12.4. The lowest BCUT2D eigenvalue weighted by atomic mass is 9.87. The van der Waals surface area contributed by atoms with Crippen LogP contribution in [0.3, 0.4) is 0 Å². The predicted molar refractivity (Wildman–Crippen MR) is 78.6 cm³/mol. The van der Waals surface area contributed by atoms with Crippen LogP contribution in [0.25, 0.3) is 0 Å². The molecule has 1 atom stereocenters. The minimum Gasteiger partial charge on any atom is -0.345 e. The van der Waals surface area contributed by atoms with Crippen molar-refractivity contribution in [2.45, 2.75) is 32.2 Å². The maximum atomic E-state index is 12.2. The Morgan fingerprint density at radius 3 is 3.00 bits per heavy atom. The molecule has 3 rings (SSSR count). The fourth-order valence-electron chi connectivity index (χ4n) is 2.71. The molecule has 3 heteroatoms. The first-order valence-corrected chi connectivity index (χ1v) is 7.56. The average Bonchev–Trinajstić information content (AvgIpc) is 2.86. The molecule has 19 heavy (non-hydrogen) atoms. The number of amides is 1. The van der Waals surface area contributed by atoms with E-state index in [2.05, 4.69) is 29.6 Å². The van der Waals surface area contributed by atoms with E-state index in [0.717, 1.165) is 24.8 Å². The second-order valence-electron chi connectivity index (χ2n) is 5.06. The van der Waals surface area contributed by atoms with Crippen molar-refractivity contribution in [2.24, 2.45) is 0 Å². The minimum absolute atomic E-state index is 0.0473. The number of aryl methyl sites for hydroxylation is 2. The molecule has 0 fully saturated rings. The molecule has 2 aromatic rings. The molecule has 0 saturated carbocycles. The summed E-state index contributed by atoms with van der Waals surface area (Å²) in [6.07, 6.45) is 3.30. The van der Waals surface area contributed by atoms with Gasteiger partial charge in [0, 0.05) is 10.3 Å². The number of nitrogens with one attached hydrogen (secondary N) is 1. The fraction of sp³-hybridized carbons (Fsp3) is 0.312. The maximum Gasteiger partial charge on any atom is 0.252 e. The van der Waals surface area contributed by atoms with Crippen LogP contribution in [0.4, 0.5) is 0 Å². The van der Waals surface area contributed by atoms with Crippen molar-refractivity contribution >= 4 is 17.2 Å². The van der Waals surface area contributed by atoms with E-state index in [4.69, 9.17) is 0 Å². The third-order valence-corrected chi connectivity index (χ3v) is 4.53. The molecule has 1 aliphatic carbocycles. The number of carbonyl (C=O) groups is 1. The number of rotatable bonds is 2. The molecular weight excluding hydrogens is 254 g/mol. The van der Waals surface area contributed by atoms with Crippen LogP contribution in [0.2, 0.25) is 0 Å². The molecule has 0 bridgehead atoms. The number of hydrogen-bond donors (Lipinski definition) is 1. The van der Waals surface area contributed by atoms with Gasteiger partial charge in [0.05, 0.1) is 11.6 Å². The molecule has 98 valence electrons. The zero-order valence-corrected chi connectivity index (χ0v) is 11.8. The molecule has 1 amide bonds. The van der Waals surface area contributed by atoms with Crippen molar-refractivity contribution in [3.8, 4) is 0 Å². The van der Waals surface area contributed by atoms with Crippen molar-refractivity contribution in [3.63, 3.8) is 0 Å². The fourth-order valence-corrected chi connectivity index (χ4v) is 3.39. The molecule has 0 unspecified atom stereocenters. The lowest BCUT2D eigenvalue weighted by Gasteiger charge is -2.26. The quantitative estimate of drug-likeness (QED) is 0.882. The minimum atomic E-state index is 0.0473. The van der Waals surface area contributed by atoms with E-state index < -0.39 is 0 Å². The summed E-state index contributed by atoms with van der Waals surface area (Å²) in [7, 11) is 0. The number of thiophene rings is 1. The van der Waals surface area contributed by atoms with Crippen LogP contribution in [0, 0.1) is 6.92 Å². The van der Waals surface area contributed by atoms with Crippen molar-refractivity contribution in [2.75, 3.05) is 0 Å². The Morgan fingerprint density at radius 1 is 1.37 bits per heavy atom. The molecule has 2 nitrogen and oxygen atoms in total. The van der Waals surface area contributed by atoms with E-state index in [-0.39, 0.29) is 11.9 Å². The van der Waals surface area contributed by atoms with E-state index in [1.165, 1.54) is 16.0 Å². The summed E-state index contributed by atoms with van der Waals surface area (Å²) < 4.78 is 0. The Kier molecular flexibility index (Phi) is 3.38. The summed E-state index contributed by atoms with van der Waals surface area (Å²) in [5, 5.41) is 5.10. The summed E-state index contributed by atoms with van der Waals surface area (Å²) in [4.78, 5) is 13.4. The molecule has 0 spiro atoms. The smallest absolute Gasteiger partial charge is 0.252 e. The van der Waals surface area contributed by atoms with Gasteiger partial charge in [-0.15, -0.1) is 11.3 Å². The molecular formula is C16H17NOS. The zero-order chi connectivity index (χ0) is 13.2. The van der Waals surface area contributed by atoms with Gasteiger partial charge in [-0.25, -0.2) is 0 Å². The molecule has 0 radical (unpaired) electrons. The summed E-state index contributed by atoms with van der Waals surface area (Å²) in [6.45, 7) is 2.03. The highest BCUT2D eigenvalue weighted by molar-refractivity contribution is 7.10. The SMILES string of the molecule is Cc1cc(C(=O)N[C@@H]2CCCc3ccccc32)cs1.